The number of ketones is 1. The summed E-state index contributed by atoms with van der Waals surface area (Å²) in [4.78, 5) is 43.7. The van der Waals surface area contributed by atoms with Gasteiger partial charge in [-0.1, -0.05) is 0 Å². The number of nitrogens with zero attached hydrogens (tertiary/aromatic N) is 2. The number of unbranched alkanes of at least 4 members (excludes halogenated alkanes) is 1. The van der Waals surface area contributed by atoms with Gasteiger partial charge in [-0.15, -0.1) is 0 Å². The molecule has 0 bridgehead atoms. The molecular formula is C19H28N6O4. The van der Waals surface area contributed by atoms with Crippen molar-refractivity contribution < 1.29 is 19.1 Å². The third kappa shape index (κ3) is 7.49. The Bertz CT molecular complexity index is 742. The number of hydrogen-bond acceptors (Lipinski definition) is 7. The normalized spacial score (nSPS) is 15.5. The minimum atomic E-state index is -0.360. The van der Waals surface area contributed by atoms with Crippen LogP contribution in [0.15, 0.2) is 17.3 Å². The zero-order valence-corrected chi connectivity index (χ0v) is 16.4. The smallest absolute Gasteiger partial charge is 0.307 e. The van der Waals surface area contributed by atoms with Crippen LogP contribution in [0.4, 0.5) is 5.82 Å². The Balaban J connectivity index is 2.00. The van der Waals surface area contributed by atoms with Gasteiger partial charge in [-0.2, -0.15) is 0 Å². The van der Waals surface area contributed by atoms with Crippen molar-refractivity contribution in [1.82, 2.24) is 10.3 Å². The molecule has 1 aromatic rings. The highest BCUT2D eigenvalue weighted by Gasteiger charge is 2.20. The zero-order valence-electron chi connectivity index (χ0n) is 16.4. The minimum absolute atomic E-state index is 0.0250. The van der Waals surface area contributed by atoms with Crippen molar-refractivity contribution >= 4 is 29.9 Å². The maximum atomic E-state index is 12.7. The van der Waals surface area contributed by atoms with Gasteiger partial charge in [0.05, 0.1) is 0 Å². The molecule has 1 fully saturated rings. The van der Waals surface area contributed by atoms with Gasteiger partial charge < -0.3 is 21.5 Å². The third-order valence-electron chi connectivity index (χ3n) is 4.53. The Kier molecular flexibility index (Phi) is 9.03. The predicted octanol–water partition coefficient (Wildman–Crippen LogP) is 0.462. The van der Waals surface area contributed by atoms with Crippen molar-refractivity contribution in [1.29, 1.82) is 0 Å². The summed E-state index contributed by atoms with van der Waals surface area (Å²) in [6.45, 7) is 1.29. The molecule has 0 radical (unpaired) electrons. The van der Waals surface area contributed by atoms with Crippen LogP contribution in [-0.4, -0.2) is 48.4 Å². The van der Waals surface area contributed by atoms with Crippen molar-refractivity contribution in [3.63, 3.8) is 0 Å². The molecule has 0 spiro atoms. The summed E-state index contributed by atoms with van der Waals surface area (Å²) in [7, 11) is 0. The summed E-state index contributed by atoms with van der Waals surface area (Å²) in [6.07, 6.45) is 5.37. The fourth-order valence-electron chi connectivity index (χ4n) is 3.12. The second-order valence-electron chi connectivity index (χ2n) is 6.71. The van der Waals surface area contributed by atoms with Gasteiger partial charge in [0, 0.05) is 36.7 Å². The van der Waals surface area contributed by atoms with E-state index in [1.165, 1.54) is 6.20 Å². The maximum absolute atomic E-state index is 12.7. The van der Waals surface area contributed by atoms with Crippen molar-refractivity contribution in [2.75, 3.05) is 18.4 Å². The van der Waals surface area contributed by atoms with Crippen LogP contribution in [0.1, 0.15) is 54.4 Å². The molecular weight excluding hydrogens is 376 g/mol. The SMILES string of the molecule is NC(N)=NCCCCC(=O)c1ccnc(NC=O)c1CCC(=O)OC1CCCN1. The van der Waals surface area contributed by atoms with Crippen LogP contribution in [-0.2, 0) is 20.7 Å². The van der Waals surface area contributed by atoms with E-state index >= 15 is 0 Å². The molecule has 1 saturated heterocycles. The van der Waals surface area contributed by atoms with Gasteiger partial charge in [-0.25, -0.2) is 4.98 Å². The van der Waals surface area contributed by atoms with Crippen LogP contribution >= 0.6 is 0 Å². The number of Topliss-reactive ketones (excluding diaryl/α,β-unsaturated/α-hetero) is 1. The Hall–Kier alpha value is -3.01. The van der Waals surface area contributed by atoms with E-state index in [0.29, 0.717) is 43.3 Å². The number of guanidine groups is 1. The summed E-state index contributed by atoms with van der Waals surface area (Å²) >= 11 is 0. The van der Waals surface area contributed by atoms with Crippen molar-refractivity contribution in [2.24, 2.45) is 16.5 Å². The molecule has 1 aliphatic rings. The number of nitrogens with two attached hydrogens (primary N) is 2. The first-order chi connectivity index (χ1) is 14.0. The fraction of sp³-hybridized carbons (Fsp3) is 0.526. The van der Waals surface area contributed by atoms with Gasteiger partial charge in [0.2, 0.25) is 6.41 Å². The van der Waals surface area contributed by atoms with Crippen LogP contribution in [0.25, 0.3) is 0 Å². The first-order valence-corrected chi connectivity index (χ1v) is 9.70. The van der Waals surface area contributed by atoms with Crippen LogP contribution in [0.2, 0.25) is 0 Å². The number of rotatable bonds is 12. The zero-order chi connectivity index (χ0) is 21.1. The summed E-state index contributed by atoms with van der Waals surface area (Å²) in [5, 5.41) is 5.60. The lowest BCUT2D eigenvalue weighted by Gasteiger charge is -2.14. The van der Waals surface area contributed by atoms with E-state index < -0.39 is 0 Å². The molecule has 29 heavy (non-hydrogen) atoms. The van der Waals surface area contributed by atoms with Gasteiger partial charge in [0.25, 0.3) is 0 Å². The standard InChI is InChI=1S/C19H28N6O4/c20-19(21)24-9-2-1-4-15(27)13-8-11-23-18(25-12-26)14(13)6-7-17(28)29-16-5-3-10-22-16/h8,11-12,16,22H,1-7,9-10H2,(H4,20,21,24)(H,23,25,26). The molecule has 1 unspecified atom stereocenters. The van der Waals surface area contributed by atoms with E-state index in [9.17, 15) is 14.4 Å². The molecule has 0 aliphatic carbocycles. The first kappa shape index (κ1) is 22.3. The summed E-state index contributed by atoms with van der Waals surface area (Å²) in [6, 6.07) is 1.60. The molecule has 10 nitrogen and oxygen atoms in total. The van der Waals surface area contributed by atoms with Gasteiger partial charge in [0.1, 0.15) is 5.82 Å². The monoisotopic (exact) mass is 404 g/mol. The van der Waals surface area contributed by atoms with Crippen LogP contribution < -0.4 is 22.1 Å². The second kappa shape index (κ2) is 11.7. The summed E-state index contributed by atoms with van der Waals surface area (Å²) < 4.78 is 5.37. The molecule has 1 aromatic heterocycles. The maximum Gasteiger partial charge on any atom is 0.307 e. The van der Waals surface area contributed by atoms with Crippen LogP contribution in [0.3, 0.4) is 0 Å². The number of aliphatic imine (C=N–C) groups is 1. The second-order valence-corrected chi connectivity index (χ2v) is 6.71. The van der Waals surface area contributed by atoms with Gasteiger partial charge >= 0.3 is 5.97 Å². The number of nitrogens with one attached hydrogen (secondary N) is 2. The first-order valence-electron chi connectivity index (χ1n) is 9.70. The number of pyridine rings is 1. The third-order valence-corrected chi connectivity index (χ3v) is 4.53. The molecule has 0 aromatic carbocycles. The largest absolute Gasteiger partial charge is 0.447 e. The lowest BCUT2D eigenvalue weighted by atomic mass is 9.98. The highest BCUT2D eigenvalue weighted by Crippen LogP contribution is 2.22. The topological polar surface area (TPSA) is 162 Å². The number of carbonyl (C=O) groups is 3. The molecule has 6 N–H and O–H groups in total. The number of esters is 1. The van der Waals surface area contributed by atoms with Crippen molar-refractivity contribution in [2.45, 2.75) is 51.2 Å². The highest BCUT2D eigenvalue weighted by atomic mass is 16.6. The number of amides is 1. The van der Waals surface area contributed by atoms with Crippen LogP contribution in [0, 0.1) is 0 Å². The molecule has 2 heterocycles. The van der Waals surface area contributed by atoms with E-state index in [4.69, 9.17) is 16.2 Å². The van der Waals surface area contributed by atoms with Gasteiger partial charge in [0.15, 0.2) is 18.0 Å². The lowest BCUT2D eigenvalue weighted by Crippen LogP contribution is -2.27. The van der Waals surface area contributed by atoms with E-state index in [-0.39, 0.29) is 42.6 Å². The van der Waals surface area contributed by atoms with E-state index in [2.05, 4.69) is 20.6 Å². The Morgan fingerprint density at radius 3 is 2.86 bits per heavy atom. The predicted molar refractivity (Wildman–Crippen MR) is 108 cm³/mol. The molecule has 1 amide bonds. The van der Waals surface area contributed by atoms with Crippen molar-refractivity contribution in [3.8, 4) is 0 Å². The Morgan fingerprint density at radius 2 is 2.17 bits per heavy atom. The summed E-state index contributed by atoms with van der Waals surface area (Å²) in [5.41, 5.74) is 11.5. The van der Waals surface area contributed by atoms with E-state index in [0.717, 1.165) is 19.4 Å². The average molecular weight is 404 g/mol. The number of anilines is 1. The lowest BCUT2D eigenvalue weighted by molar-refractivity contribution is -0.149. The molecule has 158 valence electrons. The molecule has 0 saturated carbocycles. The fourth-order valence-corrected chi connectivity index (χ4v) is 3.12. The van der Waals surface area contributed by atoms with E-state index in [1.54, 1.807) is 6.07 Å². The number of ether oxygens (including phenoxy) is 1. The van der Waals surface area contributed by atoms with Crippen LogP contribution in [0.5, 0.6) is 0 Å². The average Bonchev–Trinajstić information content (AvgIpc) is 3.19. The van der Waals surface area contributed by atoms with E-state index in [1.807, 2.05) is 0 Å². The van der Waals surface area contributed by atoms with Gasteiger partial charge in [-0.05, 0) is 44.7 Å². The molecule has 1 aliphatic heterocycles. The molecule has 1 atom stereocenters. The Morgan fingerprint density at radius 1 is 1.34 bits per heavy atom. The highest BCUT2D eigenvalue weighted by molar-refractivity contribution is 5.99. The van der Waals surface area contributed by atoms with Gasteiger partial charge in [-0.3, -0.25) is 24.7 Å². The Labute approximate surface area is 169 Å². The summed E-state index contributed by atoms with van der Waals surface area (Å²) in [5.74, 6) is -0.150. The minimum Gasteiger partial charge on any atom is -0.447 e. The number of hydrogen-bond donors (Lipinski definition) is 4. The number of aromatic nitrogens is 1. The molecule has 10 heteroatoms. The number of carbonyl (C=O) groups excluding carboxylic acids is 3. The van der Waals surface area contributed by atoms with Crippen molar-refractivity contribution in [3.05, 3.63) is 23.4 Å². The quantitative estimate of drug-likeness (QED) is 0.0975. The molecule has 2 rings (SSSR count).